The molecule has 0 saturated carbocycles. The van der Waals surface area contributed by atoms with Gasteiger partial charge in [0, 0.05) is 24.7 Å². The number of halogens is 3. The number of nitrogens with one attached hydrogen (secondary N) is 1. The minimum atomic E-state index is -4.47. The van der Waals surface area contributed by atoms with Gasteiger partial charge in [-0.2, -0.15) is 13.2 Å². The number of hydrogen-bond acceptors (Lipinski definition) is 3. The summed E-state index contributed by atoms with van der Waals surface area (Å²) < 4.78 is 36.8. The second kappa shape index (κ2) is 5.43. The zero-order chi connectivity index (χ0) is 15.7. The molecule has 0 aliphatic carbocycles. The molecule has 0 unspecified atom stereocenters. The summed E-state index contributed by atoms with van der Waals surface area (Å²) in [5.41, 5.74) is 2.39. The van der Waals surface area contributed by atoms with E-state index in [2.05, 4.69) is 15.0 Å². The molecule has 116 valence electrons. The van der Waals surface area contributed by atoms with Crippen LogP contribution >= 0.6 is 0 Å². The van der Waals surface area contributed by atoms with Crippen molar-refractivity contribution < 1.29 is 18.0 Å². The number of rotatable bonds is 2. The summed E-state index contributed by atoms with van der Waals surface area (Å²) in [5, 5.41) is 0.865. The van der Waals surface area contributed by atoms with Crippen LogP contribution < -0.4 is 0 Å². The zero-order valence-electron chi connectivity index (χ0n) is 11.5. The molecule has 22 heavy (non-hydrogen) atoms. The highest BCUT2D eigenvalue weighted by atomic mass is 19.4. The van der Waals surface area contributed by atoms with Crippen LogP contribution in [0.2, 0.25) is 0 Å². The quantitative estimate of drug-likeness (QED) is 0.927. The molecule has 1 N–H and O–H groups in total. The molecule has 1 aliphatic rings. The number of alkyl halides is 3. The minimum absolute atomic E-state index is 0.167. The molecule has 8 heteroatoms. The number of hydrogen-bond donors (Lipinski definition) is 1. The van der Waals surface area contributed by atoms with Crippen molar-refractivity contribution in [2.75, 3.05) is 13.1 Å². The first-order chi connectivity index (χ1) is 10.4. The molecule has 5 nitrogen and oxygen atoms in total. The van der Waals surface area contributed by atoms with Crippen LogP contribution in [0.1, 0.15) is 18.5 Å². The molecule has 0 aromatic carbocycles. The Morgan fingerprint density at radius 3 is 2.86 bits per heavy atom. The molecule has 0 spiro atoms. The van der Waals surface area contributed by atoms with Gasteiger partial charge in [0.15, 0.2) is 0 Å². The second-order valence-electron chi connectivity index (χ2n) is 5.07. The van der Waals surface area contributed by atoms with Crippen LogP contribution in [-0.4, -0.2) is 45.0 Å². The van der Waals surface area contributed by atoms with Crippen LogP contribution in [0.25, 0.3) is 16.6 Å². The van der Waals surface area contributed by atoms with Crippen molar-refractivity contribution in [3.05, 3.63) is 30.4 Å². The number of amides is 1. The number of aromatic amines is 1. The molecular weight excluding hydrogens is 297 g/mol. The Morgan fingerprint density at radius 1 is 1.36 bits per heavy atom. The Bertz CT molecular complexity index is 735. The van der Waals surface area contributed by atoms with Crippen LogP contribution in [-0.2, 0) is 4.79 Å². The van der Waals surface area contributed by atoms with Crippen molar-refractivity contribution in [3.63, 3.8) is 0 Å². The SMILES string of the molecule is O=C(CC(F)(F)F)N1CC=C(c2ncnc3[nH]ccc23)CC1. The van der Waals surface area contributed by atoms with E-state index in [9.17, 15) is 18.0 Å². The van der Waals surface area contributed by atoms with Gasteiger partial charge in [0.2, 0.25) is 5.91 Å². The van der Waals surface area contributed by atoms with Crippen molar-refractivity contribution in [1.82, 2.24) is 19.9 Å². The van der Waals surface area contributed by atoms with Crippen molar-refractivity contribution in [2.45, 2.75) is 19.0 Å². The van der Waals surface area contributed by atoms with Gasteiger partial charge in [0.05, 0.1) is 5.69 Å². The maximum Gasteiger partial charge on any atom is 0.397 e. The van der Waals surface area contributed by atoms with Gasteiger partial charge in [-0.25, -0.2) is 9.97 Å². The van der Waals surface area contributed by atoms with Crippen LogP contribution in [0.4, 0.5) is 13.2 Å². The predicted molar refractivity (Wildman–Crippen MR) is 73.7 cm³/mol. The van der Waals surface area contributed by atoms with Crippen molar-refractivity contribution in [2.24, 2.45) is 0 Å². The number of nitrogens with zero attached hydrogens (tertiary/aromatic N) is 3. The highest BCUT2D eigenvalue weighted by molar-refractivity contribution is 5.88. The standard InChI is InChI=1S/C14H13F3N4O/c15-14(16,17)7-11(22)21-5-2-9(3-6-21)12-10-1-4-18-13(10)20-8-19-12/h1-2,4,8H,3,5-7H2,(H,18,19,20). The van der Waals surface area contributed by atoms with Crippen LogP contribution in [0.3, 0.4) is 0 Å². The van der Waals surface area contributed by atoms with Crippen LogP contribution in [0.5, 0.6) is 0 Å². The highest BCUT2D eigenvalue weighted by Gasteiger charge is 2.34. The lowest BCUT2D eigenvalue weighted by Crippen LogP contribution is -2.37. The molecule has 2 aromatic heterocycles. The van der Waals surface area contributed by atoms with Gasteiger partial charge < -0.3 is 9.88 Å². The van der Waals surface area contributed by atoms with Crippen LogP contribution in [0, 0.1) is 0 Å². The van der Waals surface area contributed by atoms with E-state index in [1.807, 2.05) is 6.07 Å². The van der Waals surface area contributed by atoms with E-state index in [0.29, 0.717) is 12.1 Å². The molecule has 1 aliphatic heterocycles. The molecule has 2 aromatic rings. The highest BCUT2D eigenvalue weighted by Crippen LogP contribution is 2.27. The maximum atomic E-state index is 12.3. The van der Waals surface area contributed by atoms with E-state index in [0.717, 1.165) is 16.7 Å². The third kappa shape index (κ3) is 2.95. The molecule has 3 heterocycles. The van der Waals surface area contributed by atoms with Gasteiger partial charge in [-0.3, -0.25) is 4.79 Å². The summed E-state index contributed by atoms with van der Waals surface area (Å²) in [4.78, 5) is 24.1. The number of carbonyl (C=O) groups is 1. The Kier molecular flexibility index (Phi) is 3.59. The Labute approximate surface area is 123 Å². The largest absolute Gasteiger partial charge is 0.397 e. The summed E-state index contributed by atoms with van der Waals surface area (Å²) in [7, 11) is 0. The maximum absolute atomic E-state index is 12.3. The third-order valence-electron chi connectivity index (χ3n) is 3.57. The average Bonchev–Trinajstić information content (AvgIpc) is 2.94. The topological polar surface area (TPSA) is 61.9 Å². The number of aromatic nitrogens is 3. The van der Waals surface area contributed by atoms with E-state index in [1.54, 1.807) is 12.3 Å². The minimum Gasteiger partial charge on any atom is -0.346 e. The fourth-order valence-corrected chi connectivity index (χ4v) is 2.52. The average molecular weight is 310 g/mol. The van der Waals surface area contributed by atoms with Crippen molar-refractivity contribution in [3.8, 4) is 0 Å². The lowest BCUT2D eigenvalue weighted by Gasteiger charge is -2.26. The van der Waals surface area contributed by atoms with Gasteiger partial charge >= 0.3 is 6.18 Å². The smallest absolute Gasteiger partial charge is 0.346 e. The lowest BCUT2D eigenvalue weighted by atomic mass is 10.0. The monoisotopic (exact) mass is 310 g/mol. The van der Waals surface area contributed by atoms with Gasteiger partial charge in [-0.05, 0) is 18.1 Å². The van der Waals surface area contributed by atoms with E-state index in [-0.39, 0.29) is 13.1 Å². The van der Waals surface area contributed by atoms with Crippen molar-refractivity contribution >= 4 is 22.5 Å². The second-order valence-corrected chi connectivity index (χ2v) is 5.07. The summed E-state index contributed by atoms with van der Waals surface area (Å²) in [5.74, 6) is -0.891. The van der Waals surface area contributed by atoms with Crippen molar-refractivity contribution in [1.29, 1.82) is 0 Å². The summed E-state index contributed by atoms with van der Waals surface area (Å²) in [6.45, 7) is 0.427. The Balaban J connectivity index is 1.77. The zero-order valence-corrected chi connectivity index (χ0v) is 11.5. The van der Waals surface area contributed by atoms with Gasteiger partial charge in [-0.15, -0.1) is 0 Å². The molecule has 0 bridgehead atoms. The number of carbonyl (C=O) groups excluding carboxylic acids is 1. The predicted octanol–water partition coefficient (Wildman–Crippen LogP) is 2.53. The Morgan fingerprint density at radius 2 is 2.18 bits per heavy atom. The van der Waals surface area contributed by atoms with Gasteiger partial charge in [0.25, 0.3) is 0 Å². The first kappa shape index (κ1) is 14.6. The molecule has 0 radical (unpaired) electrons. The first-order valence-corrected chi connectivity index (χ1v) is 6.76. The molecule has 0 fully saturated rings. The lowest BCUT2D eigenvalue weighted by molar-refractivity contribution is -0.161. The summed E-state index contributed by atoms with van der Waals surface area (Å²) in [6, 6.07) is 1.85. The molecule has 0 atom stereocenters. The fraction of sp³-hybridized carbons (Fsp3) is 0.357. The Hall–Kier alpha value is -2.38. The molecule has 0 saturated heterocycles. The van der Waals surface area contributed by atoms with Crippen LogP contribution in [0.15, 0.2) is 24.7 Å². The van der Waals surface area contributed by atoms with Gasteiger partial charge in [-0.1, -0.05) is 6.08 Å². The fourth-order valence-electron chi connectivity index (χ4n) is 2.52. The first-order valence-electron chi connectivity index (χ1n) is 6.76. The normalized spacial score (nSPS) is 16.0. The number of fused-ring (bicyclic) bond motifs is 1. The van der Waals surface area contributed by atoms with E-state index < -0.39 is 18.5 Å². The van der Waals surface area contributed by atoms with E-state index in [1.165, 1.54) is 11.2 Å². The summed E-state index contributed by atoms with van der Waals surface area (Å²) in [6.07, 6.45) is -0.453. The van der Waals surface area contributed by atoms with E-state index >= 15 is 0 Å². The number of H-pyrrole nitrogens is 1. The van der Waals surface area contributed by atoms with E-state index in [4.69, 9.17) is 0 Å². The molecule has 1 amide bonds. The van der Waals surface area contributed by atoms with Gasteiger partial charge in [0.1, 0.15) is 18.4 Å². The molecular formula is C14H13F3N4O. The summed E-state index contributed by atoms with van der Waals surface area (Å²) >= 11 is 0. The third-order valence-corrected chi connectivity index (χ3v) is 3.57. The molecule has 3 rings (SSSR count).